The van der Waals surface area contributed by atoms with Crippen molar-refractivity contribution >= 4 is 17.7 Å². The van der Waals surface area contributed by atoms with Crippen LogP contribution in [-0.4, -0.2) is 35.2 Å². The van der Waals surface area contributed by atoms with E-state index in [-0.39, 0.29) is 22.6 Å². The van der Waals surface area contributed by atoms with Crippen LogP contribution in [0.15, 0.2) is 30.3 Å². The SMILES string of the molecule is CC(SCc1ccccc1)C(=O)N1CCC(N)C(C)(C)C1. The molecule has 2 atom stereocenters. The molecule has 1 aliphatic heterocycles. The molecule has 3 nitrogen and oxygen atoms in total. The highest BCUT2D eigenvalue weighted by Crippen LogP contribution is 2.29. The van der Waals surface area contributed by atoms with Crippen molar-refractivity contribution in [2.75, 3.05) is 13.1 Å². The molecular weight excluding hydrogens is 280 g/mol. The van der Waals surface area contributed by atoms with Gasteiger partial charge in [-0.2, -0.15) is 0 Å². The molecule has 4 heteroatoms. The fraction of sp³-hybridized carbons (Fsp3) is 0.588. The highest BCUT2D eigenvalue weighted by molar-refractivity contribution is 7.99. The van der Waals surface area contributed by atoms with Crippen LogP contribution in [-0.2, 0) is 10.5 Å². The lowest BCUT2D eigenvalue weighted by atomic mass is 9.79. The molecule has 1 heterocycles. The first-order valence-electron chi connectivity index (χ1n) is 7.60. The Morgan fingerprint density at radius 3 is 2.71 bits per heavy atom. The van der Waals surface area contributed by atoms with Gasteiger partial charge < -0.3 is 10.6 Å². The normalized spacial score (nSPS) is 22.9. The maximum absolute atomic E-state index is 12.6. The van der Waals surface area contributed by atoms with Gasteiger partial charge in [0.15, 0.2) is 0 Å². The smallest absolute Gasteiger partial charge is 0.235 e. The molecule has 0 saturated carbocycles. The van der Waals surface area contributed by atoms with Crippen molar-refractivity contribution < 1.29 is 4.79 Å². The molecule has 0 aliphatic carbocycles. The molecule has 2 N–H and O–H groups in total. The second-order valence-corrected chi connectivity index (χ2v) is 7.91. The number of rotatable bonds is 4. The third-order valence-corrected chi connectivity index (χ3v) is 5.52. The number of hydrogen-bond acceptors (Lipinski definition) is 3. The van der Waals surface area contributed by atoms with Crippen LogP contribution >= 0.6 is 11.8 Å². The largest absolute Gasteiger partial charge is 0.341 e. The molecule has 1 aromatic carbocycles. The summed E-state index contributed by atoms with van der Waals surface area (Å²) in [6.45, 7) is 7.87. The van der Waals surface area contributed by atoms with Crippen LogP contribution in [0.5, 0.6) is 0 Å². The van der Waals surface area contributed by atoms with E-state index in [1.54, 1.807) is 11.8 Å². The Morgan fingerprint density at radius 2 is 2.10 bits per heavy atom. The van der Waals surface area contributed by atoms with Crippen LogP contribution in [0.4, 0.5) is 0 Å². The first kappa shape index (κ1) is 16.4. The number of nitrogens with zero attached hydrogens (tertiary/aromatic N) is 1. The molecule has 1 amide bonds. The monoisotopic (exact) mass is 306 g/mol. The quantitative estimate of drug-likeness (QED) is 0.930. The van der Waals surface area contributed by atoms with Crippen molar-refractivity contribution in [3.63, 3.8) is 0 Å². The van der Waals surface area contributed by atoms with Gasteiger partial charge in [0.1, 0.15) is 0 Å². The Bertz CT molecular complexity index is 475. The number of piperidine rings is 1. The van der Waals surface area contributed by atoms with E-state index in [1.165, 1.54) is 5.56 Å². The Hall–Kier alpha value is -1.00. The van der Waals surface area contributed by atoms with Crippen LogP contribution in [0.3, 0.4) is 0 Å². The topological polar surface area (TPSA) is 46.3 Å². The van der Waals surface area contributed by atoms with Gasteiger partial charge in [-0.05, 0) is 24.3 Å². The van der Waals surface area contributed by atoms with E-state index < -0.39 is 0 Å². The average Bonchev–Trinajstić information content (AvgIpc) is 2.48. The highest BCUT2D eigenvalue weighted by Gasteiger charge is 2.36. The summed E-state index contributed by atoms with van der Waals surface area (Å²) in [4.78, 5) is 14.6. The Morgan fingerprint density at radius 1 is 1.43 bits per heavy atom. The van der Waals surface area contributed by atoms with Crippen molar-refractivity contribution in [1.82, 2.24) is 4.90 Å². The Labute approximate surface area is 132 Å². The third kappa shape index (κ3) is 4.24. The van der Waals surface area contributed by atoms with Crippen molar-refractivity contribution in [2.45, 2.75) is 44.2 Å². The average molecular weight is 306 g/mol. The number of carbonyl (C=O) groups excluding carboxylic acids is 1. The molecule has 1 fully saturated rings. The van der Waals surface area contributed by atoms with Gasteiger partial charge in [-0.15, -0.1) is 11.8 Å². The molecule has 0 radical (unpaired) electrons. The molecule has 21 heavy (non-hydrogen) atoms. The summed E-state index contributed by atoms with van der Waals surface area (Å²) in [5.41, 5.74) is 7.42. The lowest BCUT2D eigenvalue weighted by Gasteiger charge is -2.43. The zero-order valence-electron chi connectivity index (χ0n) is 13.2. The number of carbonyl (C=O) groups is 1. The van der Waals surface area contributed by atoms with Crippen LogP contribution in [0.1, 0.15) is 32.8 Å². The van der Waals surface area contributed by atoms with Gasteiger partial charge in [-0.3, -0.25) is 4.79 Å². The minimum atomic E-state index is -0.00432. The van der Waals surface area contributed by atoms with Crippen LogP contribution < -0.4 is 5.73 Å². The van der Waals surface area contributed by atoms with Crippen LogP contribution in [0.25, 0.3) is 0 Å². The van der Waals surface area contributed by atoms with Gasteiger partial charge in [0, 0.05) is 24.9 Å². The maximum Gasteiger partial charge on any atom is 0.235 e. The summed E-state index contributed by atoms with van der Waals surface area (Å²) in [5, 5.41) is -0.00432. The number of nitrogens with two attached hydrogens (primary N) is 1. The minimum absolute atomic E-state index is 0.00432. The number of benzene rings is 1. The second-order valence-electron chi connectivity index (χ2n) is 6.58. The van der Waals surface area contributed by atoms with Gasteiger partial charge in [0.25, 0.3) is 0 Å². The molecule has 0 bridgehead atoms. The summed E-state index contributed by atoms with van der Waals surface area (Å²) in [5.74, 6) is 1.13. The lowest BCUT2D eigenvalue weighted by molar-refractivity contribution is -0.133. The first-order valence-corrected chi connectivity index (χ1v) is 8.65. The molecule has 1 aromatic rings. The maximum atomic E-state index is 12.6. The molecule has 1 aliphatic rings. The summed E-state index contributed by atoms with van der Waals surface area (Å²) >= 11 is 1.71. The van der Waals surface area contributed by atoms with E-state index in [0.717, 1.165) is 25.3 Å². The zero-order chi connectivity index (χ0) is 15.5. The molecule has 116 valence electrons. The molecule has 2 unspecified atom stereocenters. The van der Waals surface area contributed by atoms with Crippen molar-refractivity contribution in [3.05, 3.63) is 35.9 Å². The van der Waals surface area contributed by atoms with Gasteiger partial charge in [-0.1, -0.05) is 44.2 Å². The zero-order valence-corrected chi connectivity index (χ0v) is 14.0. The van der Waals surface area contributed by atoms with E-state index in [9.17, 15) is 4.79 Å². The number of hydrogen-bond donors (Lipinski definition) is 1. The summed E-state index contributed by atoms with van der Waals surface area (Å²) < 4.78 is 0. The summed E-state index contributed by atoms with van der Waals surface area (Å²) in [6, 6.07) is 10.5. The fourth-order valence-corrected chi connectivity index (χ4v) is 3.61. The van der Waals surface area contributed by atoms with Crippen LogP contribution in [0, 0.1) is 5.41 Å². The fourth-order valence-electron chi connectivity index (χ4n) is 2.69. The van der Waals surface area contributed by atoms with E-state index in [0.29, 0.717) is 0 Å². The van der Waals surface area contributed by atoms with Crippen molar-refractivity contribution in [3.8, 4) is 0 Å². The summed E-state index contributed by atoms with van der Waals surface area (Å²) in [6.07, 6.45) is 0.898. The summed E-state index contributed by atoms with van der Waals surface area (Å²) in [7, 11) is 0. The minimum Gasteiger partial charge on any atom is -0.341 e. The molecule has 0 spiro atoms. The molecule has 0 aromatic heterocycles. The van der Waals surface area contributed by atoms with E-state index >= 15 is 0 Å². The number of thioether (sulfide) groups is 1. The van der Waals surface area contributed by atoms with E-state index in [2.05, 4.69) is 26.0 Å². The highest BCUT2D eigenvalue weighted by atomic mass is 32.2. The van der Waals surface area contributed by atoms with Gasteiger partial charge in [-0.25, -0.2) is 0 Å². The lowest BCUT2D eigenvalue weighted by Crippen LogP contribution is -2.55. The van der Waals surface area contributed by atoms with Crippen molar-refractivity contribution in [1.29, 1.82) is 0 Å². The van der Waals surface area contributed by atoms with E-state index in [1.807, 2.05) is 30.0 Å². The predicted molar refractivity (Wildman–Crippen MR) is 90.2 cm³/mol. The first-order chi connectivity index (χ1) is 9.90. The van der Waals surface area contributed by atoms with Crippen LogP contribution in [0.2, 0.25) is 0 Å². The number of likely N-dealkylation sites (tertiary alicyclic amines) is 1. The second kappa shape index (κ2) is 6.84. The third-order valence-electron chi connectivity index (χ3n) is 4.31. The van der Waals surface area contributed by atoms with Crippen molar-refractivity contribution in [2.24, 2.45) is 11.1 Å². The predicted octanol–water partition coefficient (Wildman–Crippen LogP) is 2.89. The number of amides is 1. The molecule has 1 saturated heterocycles. The molecular formula is C17H26N2OS. The standard InChI is InChI=1S/C17H26N2OS/c1-13(21-11-14-7-5-4-6-8-14)16(20)19-10-9-15(18)17(2,3)12-19/h4-8,13,15H,9-12,18H2,1-3H3. The van der Waals surface area contributed by atoms with Gasteiger partial charge >= 0.3 is 0 Å². The Balaban J connectivity index is 1.88. The van der Waals surface area contributed by atoms with Gasteiger partial charge in [0.05, 0.1) is 5.25 Å². The van der Waals surface area contributed by atoms with Gasteiger partial charge in [0.2, 0.25) is 5.91 Å². The van der Waals surface area contributed by atoms with E-state index in [4.69, 9.17) is 5.73 Å². The molecule has 2 rings (SSSR count). The Kier molecular flexibility index (Phi) is 5.33.